The molecule has 4 rings (SSSR count). The van der Waals surface area contributed by atoms with E-state index in [1.807, 2.05) is 24.3 Å². The molecule has 0 unspecified atom stereocenters. The fourth-order valence-electron chi connectivity index (χ4n) is 2.42. The highest BCUT2D eigenvalue weighted by Gasteiger charge is 2.04. The summed E-state index contributed by atoms with van der Waals surface area (Å²) in [7, 11) is 0. The minimum Gasteiger partial charge on any atom is -0.237 e. The standard InChI is InChI=1S/C18H12N4/c1-7-19-17(20-8-1)15-5-3-14-12-16(6-4-13(14)11-15)18-21-9-2-10-22-18/h1-12H. The van der Waals surface area contributed by atoms with Gasteiger partial charge in [-0.3, -0.25) is 0 Å². The third-order valence-electron chi connectivity index (χ3n) is 3.49. The van der Waals surface area contributed by atoms with Crippen LogP contribution >= 0.6 is 0 Å². The van der Waals surface area contributed by atoms with Crippen molar-refractivity contribution in [3.8, 4) is 22.8 Å². The summed E-state index contributed by atoms with van der Waals surface area (Å²) >= 11 is 0. The van der Waals surface area contributed by atoms with Gasteiger partial charge in [-0.05, 0) is 35.0 Å². The zero-order valence-electron chi connectivity index (χ0n) is 11.7. The second-order valence-electron chi connectivity index (χ2n) is 4.92. The number of fused-ring (bicyclic) bond motifs is 1. The SMILES string of the molecule is c1cnc(-c2ccc3cc(-c4ncccn4)ccc3c2)nc1. The van der Waals surface area contributed by atoms with Crippen molar-refractivity contribution in [2.24, 2.45) is 0 Å². The van der Waals surface area contributed by atoms with Crippen molar-refractivity contribution in [1.82, 2.24) is 19.9 Å². The largest absolute Gasteiger partial charge is 0.237 e. The molecule has 0 saturated carbocycles. The summed E-state index contributed by atoms with van der Waals surface area (Å²) in [5.41, 5.74) is 2.02. The fraction of sp³-hybridized carbons (Fsp3) is 0. The van der Waals surface area contributed by atoms with Crippen LogP contribution in [0.5, 0.6) is 0 Å². The Hall–Kier alpha value is -3.14. The average Bonchev–Trinajstić information content (AvgIpc) is 2.62. The van der Waals surface area contributed by atoms with E-state index < -0.39 is 0 Å². The van der Waals surface area contributed by atoms with Crippen LogP contribution in [-0.2, 0) is 0 Å². The van der Waals surface area contributed by atoms with E-state index in [0.717, 1.165) is 33.5 Å². The molecule has 4 aromatic rings. The molecule has 104 valence electrons. The van der Waals surface area contributed by atoms with Gasteiger partial charge in [0.15, 0.2) is 11.6 Å². The monoisotopic (exact) mass is 284 g/mol. The molecular formula is C18H12N4. The minimum absolute atomic E-state index is 0.736. The maximum Gasteiger partial charge on any atom is 0.159 e. The summed E-state index contributed by atoms with van der Waals surface area (Å²) in [4.78, 5) is 17.2. The minimum atomic E-state index is 0.736. The predicted molar refractivity (Wildman–Crippen MR) is 86.0 cm³/mol. The van der Waals surface area contributed by atoms with E-state index in [0.29, 0.717) is 0 Å². The van der Waals surface area contributed by atoms with Crippen molar-refractivity contribution < 1.29 is 0 Å². The van der Waals surface area contributed by atoms with Crippen LogP contribution in [0.15, 0.2) is 73.3 Å². The first-order chi connectivity index (χ1) is 10.9. The van der Waals surface area contributed by atoms with Crippen LogP contribution in [0.2, 0.25) is 0 Å². The Balaban J connectivity index is 1.80. The molecule has 4 heteroatoms. The average molecular weight is 284 g/mol. The smallest absolute Gasteiger partial charge is 0.159 e. The first-order valence-corrected chi connectivity index (χ1v) is 6.99. The van der Waals surface area contributed by atoms with E-state index in [1.165, 1.54) is 0 Å². The van der Waals surface area contributed by atoms with E-state index >= 15 is 0 Å². The number of hydrogen-bond acceptors (Lipinski definition) is 4. The van der Waals surface area contributed by atoms with E-state index in [2.05, 4.69) is 44.2 Å². The highest BCUT2D eigenvalue weighted by atomic mass is 14.9. The van der Waals surface area contributed by atoms with Gasteiger partial charge in [-0.25, -0.2) is 19.9 Å². The van der Waals surface area contributed by atoms with E-state index in [-0.39, 0.29) is 0 Å². The van der Waals surface area contributed by atoms with Gasteiger partial charge in [-0.2, -0.15) is 0 Å². The van der Waals surface area contributed by atoms with Crippen molar-refractivity contribution in [2.45, 2.75) is 0 Å². The third-order valence-corrected chi connectivity index (χ3v) is 3.49. The molecule has 0 aliphatic rings. The van der Waals surface area contributed by atoms with Crippen molar-refractivity contribution in [1.29, 1.82) is 0 Å². The van der Waals surface area contributed by atoms with Gasteiger partial charge in [0.2, 0.25) is 0 Å². The summed E-state index contributed by atoms with van der Waals surface area (Å²) in [5.74, 6) is 1.47. The highest BCUT2D eigenvalue weighted by Crippen LogP contribution is 2.25. The lowest BCUT2D eigenvalue weighted by atomic mass is 10.0. The number of hydrogen-bond donors (Lipinski definition) is 0. The number of aromatic nitrogens is 4. The summed E-state index contributed by atoms with van der Waals surface area (Å²) in [5, 5.41) is 2.29. The first kappa shape index (κ1) is 12.6. The van der Waals surface area contributed by atoms with E-state index in [4.69, 9.17) is 0 Å². The summed E-state index contributed by atoms with van der Waals surface area (Å²) < 4.78 is 0. The Morgan fingerprint density at radius 1 is 0.500 bits per heavy atom. The molecule has 0 aliphatic carbocycles. The van der Waals surface area contributed by atoms with Gasteiger partial charge < -0.3 is 0 Å². The molecule has 0 fully saturated rings. The molecule has 2 heterocycles. The molecule has 22 heavy (non-hydrogen) atoms. The van der Waals surface area contributed by atoms with Crippen molar-refractivity contribution >= 4 is 10.8 Å². The molecule has 0 spiro atoms. The number of benzene rings is 2. The topological polar surface area (TPSA) is 51.6 Å². The summed E-state index contributed by atoms with van der Waals surface area (Å²) in [6, 6.07) is 16.1. The molecule has 0 amide bonds. The van der Waals surface area contributed by atoms with E-state index in [9.17, 15) is 0 Å². The Morgan fingerprint density at radius 3 is 1.32 bits per heavy atom. The van der Waals surface area contributed by atoms with Crippen molar-refractivity contribution in [3.05, 3.63) is 73.3 Å². The van der Waals surface area contributed by atoms with Crippen LogP contribution < -0.4 is 0 Å². The van der Waals surface area contributed by atoms with Crippen LogP contribution in [0.1, 0.15) is 0 Å². The lowest BCUT2D eigenvalue weighted by Gasteiger charge is -2.05. The zero-order valence-corrected chi connectivity index (χ0v) is 11.7. The molecule has 0 bridgehead atoms. The van der Waals surface area contributed by atoms with Crippen molar-refractivity contribution in [2.75, 3.05) is 0 Å². The number of rotatable bonds is 2. The van der Waals surface area contributed by atoms with Crippen LogP contribution in [0.25, 0.3) is 33.5 Å². The third kappa shape index (κ3) is 2.31. The molecular weight excluding hydrogens is 272 g/mol. The van der Waals surface area contributed by atoms with Gasteiger partial charge in [0.05, 0.1) is 0 Å². The highest BCUT2D eigenvalue weighted by molar-refractivity contribution is 5.89. The first-order valence-electron chi connectivity index (χ1n) is 6.99. The maximum atomic E-state index is 4.29. The Bertz CT molecular complexity index is 842. The summed E-state index contributed by atoms with van der Waals surface area (Å²) in [6.07, 6.45) is 7.01. The lowest BCUT2D eigenvalue weighted by Crippen LogP contribution is -1.88. The molecule has 4 nitrogen and oxygen atoms in total. The van der Waals surface area contributed by atoms with Crippen LogP contribution in [-0.4, -0.2) is 19.9 Å². The lowest BCUT2D eigenvalue weighted by molar-refractivity contribution is 1.18. The van der Waals surface area contributed by atoms with Gasteiger partial charge in [-0.1, -0.05) is 24.3 Å². The predicted octanol–water partition coefficient (Wildman–Crippen LogP) is 3.75. The molecule has 0 aliphatic heterocycles. The van der Waals surface area contributed by atoms with Crippen LogP contribution in [0.4, 0.5) is 0 Å². The molecule has 2 aromatic heterocycles. The van der Waals surface area contributed by atoms with Gasteiger partial charge in [0, 0.05) is 35.9 Å². The summed E-state index contributed by atoms with van der Waals surface area (Å²) in [6.45, 7) is 0. The Kier molecular flexibility index (Phi) is 3.05. The van der Waals surface area contributed by atoms with Gasteiger partial charge >= 0.3 is 0 Å². The second kappa shape index (κ2) is 5.33. The van der Waals surface area contributed by atoms with Gasteiger partial charge in [0.1, 0.15) is 0 Å². The quantitative estimate of drug-likeness (QED) is 0.562. The van der Waals surface area contributed by atoms with Gasteiger partial charge in [-0.15, -0.1) is 0 Å². The molecule has 0 radical (unpaired) electrons. The van der Waals surface area contributed by atoms with Crippen LogP contribution in [0.3, 0.4) is 0 Å². The maximum absolute atomic E-state index is 4.29. The molecule has 0 saturated heterocycles. The van der Waals surface area contributed by atoms with Crippen LogP contribution in [0, 0.1) is 0 Å². The number of nitrogens with zero attached hydrogens (tertiary/aromatic N) is 4. The normalized spacial score (nSPS) is 10.7. The molecule has 0 atom stereocenters. The van der Waals surface area contributed by atoms with Gasteiger partial charge in [0.25, 0.3) is 0 Å². The molecule has 0 N–H and O–H groups in total. The second-order valence-corrected chi connectivity index (χ2v) is 4.92. The van der Waals surface area contributed by atoms with E-state index in [1.54, 1.807) is 24.8 Å². The Labute approximate surface area is 127 Å². The molecule has 2 aromatic carbocycles. The van der Waals surface area contributed by atoms with Crippen molar-refractivity contribution in [3.63, 3.8) is 0 Å². The Morgan fingerprint density at radius 2 is 0.909 bits per heavy atom. The zero-order chi connectivity index (χ0) is 14.8. The fourth-order valence-corrected chi connectivity index (χ4v) is 2.42.